The lowest BCUT2D eigenvalue weighted by molar-refractivity contribution is -0.192. The van der Waals surface area contributed by atoms with Crippen molar-refractivity contribution in [2.45, 2.75) is 87.8 Å². The van der Waals surface area contributed by atoms with Crippen LogP contribution in [0.1, 0.15) is 51.4 Å². The number of carboxylic acid groups (broad SMARTS) is 2. The van der Waals surface area contributed by atoms with Gasteiger partial charge in [-0.3, -0.25) is 14.6 Å². The molecule has 2 bridgehead atoms. The highest BCUT2D eigenvalue weighted by molar-refractivity contribution is 5.74. The number of urea groups is 1. The zero-order chi connectivity index (χ0) is 23.5. The van der Waals surface area contributed by atoms with E-state index in [-0.39, 0.29) is 18.6 Å². The highest BCUT2D eigenvalue weighted by Crippen LogP contribution is 2.43. The van der Waals surface area contributed by atoms with Crippen molar-refractivity contribution < 1.29 is 37.8 Å². The predicted octanol–water partition coefficient (Wildman–Crippen LogP) is 1.63. The zero-order valence-corrected chi connectivity index (χ0v) is 17.8. The van der Waals surface area contributed by atoms with E-state index in [1.807, 2.05) is 4.90 Å². The number of piperidine rings is 2. The van der Waals surface area contributed by atoms with E-state index in [9.17, 15) is 22.8 Å². The van der Waals surface area contributed by atoms with Gasteiger partial charge in [0.1, 0.15) is 0 Å². The molecule has 12 heteroatoms. The summed E-state index contributed by atoms with van der Waals surface area (Å²) in [6.45, 7) is 1.57. The molecule has 1 aliphatic carbocycles. The summed E-state index contributed by atoms with van der Waals surface area (Å²) in [5, 5.41) is 22.3. The van der Waals surface area contributed by atoms with Crippen LogP contribution in [0.4, 0.5) is 18.0 Å². The molecule has 3 heterocycles. The molecule has 182 valence electrons. The third-order valence-electron chi connectivity index (χ3n) is 6.62. The number of alkyl halides is 3. The number of nitrogens with zero attached hydrogens (tertiary/aromatic N) is 2. The van der Waals surface area contributed by atoms with Crippen LogP contribution in [0, 0.1) is 0 Å². The molecule has 1 saturated carbocycles. The first-order valence-electron chi connectivity index (χ1n) is 11.1. The van der Waals surface area contributed by atoms with Crippen LogP contribution in [0.25, 0.3) is 0 Å². The molecule has 3 saturated heterocycles. The summed E-state index contributed by atoms with van der Waals surface area (Å²) < 4.78 is 31.7. The maximum atomic E-state index is 12.4. The van der Waals surface area contributed by atoms with E-state index in [1.54, 1.807) is 0 Å². The standard InChI is InChI=1S/C18H30N4O3.C2HF3O2/c23-17(24)11-21-7-5-12(6-8-21)19-18(25)20-13-9-15-3-4-16(10-13)22(15)14-1-2-14;3-2(4,5)1(6)7/h12-16H,1-11H2,(H,23,24)(H2,19,20,25);(H,6,7). The molecule has 0 aromatic carbocycles. The number of hydrogen-bond donors (Lipinski definition) is 4. The Bertz CT molecular complexity index is 681. The van der Waals surface area contributed by atoms with E-state index in [0.29, 0.717) is 18.1 Å². The Hall–Kier alpha value is -2.08. The quantitative estimate of drug-likeness (QED) is 0.488. The normalized spacial score (nSPS) is 29.0. The molecule has 3 aliphatic heterocycles. The minimum atomic E-state index is -5.08. The predicted molar refractivity (Wildman–Crippen MR) is 107 cm³/mol. The first kappa shape index (κ1) is 24.6. The third kappa shape index (κ3) is 6.96. The summed E-state index contributed by atoms with van der Waals surface area (Å²) in [5.74, 6) is -3.54. The topological polar surface area (TPSA) is 122 Å². The molecule has 32 heavy (non-hydrogen) atoms. The lowest BCUT2D eigenvalue weighted by atomic mass is 9.97. The smallest absolute Gasteiger partial charge is 0.480 e. The molecule has 4 fully saturated rings. The van der Waals surface area contributed by atoms with E-state index in [2.05, 4.69) is 15.5 Å². The number of amides is 2. The minimum Gasteiger partial charge on any atom is -0.480 e. The Morgan fingerprint density at radius 3 is 1.72 bits per heavy atom. The Morgan fingerprint density at radius 1 is 0.812 bits per heavy atom. The number of rotatable bonds is 5. The first-order chi connectivity index (χ1) is 15.0. The van der Waals surface area contributed by atoms with E-state index in [0.717, 1.165) is 44.8 Å². The molecule has 4 rings (SSSR count). The summed E-state index contributed by atoms with van der Waals surface area (Å²) in [6.07, 6.45) is 4.08. The molecule has 0 aromatic heterocycles. The summed E-state index contributed by atoms with van der Waals surface area (Å²) in [6, 6.07) is 2.61. The van der Waals surface area contributed by atoms with Gasteiger partial charge in [-0.1, -0.05) is 0 Å². The molecule has 2 amide bonds. The van der Waals surface area contributed by atoms with Crippen LogP contribution in [0.5, 0.6) is 0 Å². The van der Waals surface area contributed by atoms with E-state index < -0.39 is 18.1 Å². The second kappa shape index (κ2) is 10.2. The average molecular weight is 464 g/mol. The number of hydrogen-bond acceptors (Lipinski definition) is 5. The molecular formula is C20H31F3N4O5. The molecule has 4 N–H and O–H groups in total. The van der Waals surface area contributed by atoms with Gasteiger partial charge < -0.3 is 20.8 Å². The summed E-state index contributed by atoms with van der Waals surface area (Å²) in [7, 11) is 0. The molecule has 4 aliphatic rings. The van der Waals surface area contributed by atoms with Crippen LogP contribution in [0.3, 0.4) is 0 Å². The summed E-state index contributed by atoms with van der Waals surface area (Å²) >= 11 is 0. The number of carbonyl (C=O) groups excluding carboxylic acids is 1. The van der Waals surface area contributed by atoms with Crippen molar-refractivity contribution in [3.8, 4) is 0 Å². The average Bonchev–Trinajstić information content (AvgIpc) is 3.48. The Labute approximate surface area is 184 Å². The minimum absolute atomic E-state index is 0.0408. The fourth-order valence-electron chi connectivity index (χ4n) is 5.14. The Morgan fingerprint density at radius 2 is 1.28 bits per heavy atom. The van der Waals surface area contributed by atoms with E-state index in [4.69, 9.17) is 15.0 Å². The van der Waals surface area contributed by atoms with E-state index >= 15 is 0 Å². The molecular weight excluding hydrogens is 433 g/mol. The number of carboxylic acids is 2. The van der Waals surface area contributed by atoms with Gasteiger partial charge in [0.2, 0.25) is 0 Å². The lowest BCUT2D eigenvalue weighted by Gasteiger charge is -2.39. The van der Waals surface area contributed by atoms with Crippen LogP contribution in [-0.4, -0.2) is 94.0 Å². The zero-order valence-electron chi connectivity index (χ0n) is 17.8. The fourth-order valence-corrected chi connectivity index (χ4v) is 5.14. The molecule has 0 aromatic rings. The van der Waals surface area contributed by atoms with Crippen molar-refractivity contribution >= 4 is 18.0 Å². The summed E-state index contributed by atoms with van der Waals surface area (Å²) in [4.78, 5) is 36.7. The van der Waals surface area contributed by atoms with Crippen LogP contribution in [0.2, 0.25) is 0 Å². The van der Waals surface area contributed by atoms with Crippen molar-refractivity contribution in [2.75, 3.05) is 19.6 Å². The van der Waals surface area contributed by atoms with Crippen molar-refractivity contribution in [1.82, 2.24) is 20.4 Å². The molecule has 2 atom stereocenters. The summed E-state index contributed by atoms with van der Waals surface area (Å²) in [5.41, 5.74) is 0. The largest absolute Gasteiger partial charge is 0.490 e. The number of halogens is 3. The molecule has 9 nitrogen and oxygen atoms in total. The van der Waals surface area contributed by atoms with Gasteiger partial charge in [-0.15, -0.1) is 0 Å². The maximum absolute atomic E-state index is 12.4. The molecule has 0 spiro atoms. The van der Waals surface area contributed by atoms with Crippen molar-refractivity contribution in [2.24, 2.45) is 0 Å². The third-order valence-corrected chi connectivity index (χ3v) is 6.62. The first-order valence-corrected chi connectivity index (χ1v) is 11.1. The van der Waals surface area contributed by atoms with Crippen molar-refractivity contribution in [1.29, 1.82) is 0 Å². The van der Waals surface area contributed by atoms with Crippen molar-refractivity contribution in [3.05, 3.63) is 0 Å². The highest BCUT2D eigenvalue weighted by atomic mass is 19.4. The fraction of sp³-hybridized carbons (Fsp3) is 0.850. The molecule has 2 unspecified atom stereocenters. The van der Waals surface area contributed by atoms with Crippen LogP contribution < -0.4 is 10.6 Å². The van der Waals surface area contributed by atoms with Crippen LogP contribution >= 0.6 is 0 Å². The maximum Gasteiger partial charge on any atom is 0.490 e. The second-order valence-electron chi connectivity index (χ2n) is 9.10. The Kier molecular flexibility index (Phi) is 7.86. The van der Waals surface area contributed by atoms with Gasteiger partial charge in [-0.25, -0.2) is 9.59 Å². The second-order valence-corrected chi connectivity index (χ2v) is 9.10. The number of fused-ring (bicyclic) bond motifs is 2. The number of carbonyl (C=O) groups is 3. The van der Waals surface area contributed by atoms with Gasteiger partial charge in [-0.05, 0) is 51.4 Å². The van der Waals surface area contributed by atoms with Crippen LogP contribution in [-0.2, 0) is 9.59 Å². The number of nitrogens with one attached hydrogen (secondary N) is 2. The van der Waals surface area contributed by atoms with Gasteiger partial charge in [0.25, 0.3) is 0 Å². The SMILES string of the molecule is O=C(O)C(F)(F)F.O=C(O)CN1CCC(NC(=O)NC2CC3CCC(C2)N3C2CC2)CC1. The van der Waals surface area contributed by atoms with Gasteiger partial charge in [0.15, 0.2) is 0 Å². The van der Waals surface area contributed by atoms with Gasteiger partial charge in [0, 0.05) is 43.3 Å². The van der Waals surface area contributed by atoms with Crippen LogP contribution in [0.15, 0.2) is 0 Å². The number of likely N-dealkylation sites (tertiary alicyclic amines) is 1. The van der Waals surface area contributed by atoms with Gasteiger partial charge in [-0.2, -0.15) is 13.2 Å². The van der Waals surface area contributed by atoms with Gasteiger partial charge in [0.05, 0.1) is 6.54 Å². The highest BCUT2D eigenvalue weighted by Gasteiger charge is 2.47. The Balaban J connectivity index is 0.000000360. The number of aliphatic carboxylic acids is 2. The monoisotopic (exact) mass is 464 g/mol. The van der Waals surface area contributed by atoms with Crippen molar-refractivity contribution in [3.63, 3.8) is 0 Å². The lowest BCUT2D eigenvalue weighted by Crippen LogP contribution is -2.55. The molecule has 0 radical (unpaired) electrons. The van der Waals surface area contributed by atoms with E-state index in [1.165, 1.54) is 25.7 Å². The van der Waals surface area contributed by atoms with Gasteiger partial charge >= 0.3 is 24.1 Å².